The van der Waals surface area contributed by atoms with Gasteiger partial charge in [0.05, 0.1) is 0 Å². The van der Waals surface area contributed by atoms with Crippen molar-refractivity contribution in [1.82, 2.24) is 0 Å². The number of halogens is 2. The lowest BCUT2D eigenvalue weighted by Gasteiger charge is -2.10. The van der Waals surface area contributed by atoms with E-state index in [2.05, 4.69) is 0 Å². The van der Waals surface area contributed by atoms with E-state index in [0.717, 1.165) is 11.6 Å². The number of aryl methyl sites for hydroxylation is 1. The summed E-state index contributed by atoms with van der Waals surface area (Å²) in [6, 6.07) is 2.13. The van der Waals surface area contributed by atoms with Crippen molar-refractivity contribution >= 4 is 0 Å². The molecular formula is C12H14F2O. The first-order chi connectivity index (χ1) is 6.91. The molecule has 1 atom stereocenters. The molecular weight excluding hydrogens is 198 g/mol. The summed E-state index contributed by atoms with van der Waals surface area (Å²) in [5, 5.41) is 9.65. The van der Waals surface area contributed by atoms with Gasteiger partial charge in [0.1, 0.15) is 17.7 Å². The lowest BCUT2D eigenvalue weighted by atomic mass is 10.0. The maximum absolute atomic E-state index is 13.3. The molecule has 1 unspecified atom stereocenters. The van der Waals surface area contributed by atoms with Crippen molar-refractivity contribution in [3.05, 3.63) is 46.5 Å². The first kappa shape index (κ1) is 11.9. The number of hydrogen-bond donors (Lipinski definition) is 1. The van der Waals surface area contributed by atoms with Gasteiger partial charge in [-0.2, -0.15) is 0 Å². The van der Waals surface area contributed by atoms with Crippen molar-refractivity contribution in [3.8, 4) is 0 Å². The fourth-order valence-corrected chi connectivity index (χ4v) is 1.31. The second-order valence-corrected chi connectivity index (χ2v) is 3.81. The maximum atomic E-state index is 13.3. The number of aliphatic hydroxyl groups excluding tert-OH is 1. The summed E-state index contributed by atoms with van der Waals surface area (Å²) < 4.78 is 26.3. The van der Waals surface area contributed by atoms with Crippen LogP contribution in [-0.4, -0.2) is 5.11 Å². The molecule has 1 nitrogen and oxygen atoms in total. The number of rotatable bonds is 2. The molecule has 1 N–H and O–H groups in total. The summed E-state index contributed by atoms with van der Waals surface area (Å²) in [7, 11) is 0. The summed E-state index contributed by atoms with van der Waals surface area (Å²) in [6.45, 7) is 5.14. The van der Waals surface area contributed by atoms with Gasteiger partial charge in [0.25, 0.3) is 0 Å². The Morgan fingerprint density at radius 1 is 1.27 bits per heavy atom. The lowest BCUT2D eigenvalue weighted by Crippen LogP contribution is -2.00. The van der Waals surface area contributed by atoms with E-state index in [1.807, 2.05) is 0 Å². The van der Waals surface area contributed by atoms with Crippen molar-refractivity contribution in [2.24, 2.45) is 0 Å². The van der Waals surface area contributed by atoms with E-state index in [1.54, 1.807) is 13.8 Å². The van der Waals surface area contributed by atoms with Gasteiger partial charge in [-0.25, -0.2) is 8.78 Å². The molecule has 1 rings (SSSR count). The minimum atomic E-state index is -1.02. The fourth-order valence-electron chi connectivity index (χ4n) is 1.31. The van der Waals surface area contributed by atoms with Gasteiger partial charge in [-0.1, -0.05) is 11.6 Å². The number of benzene rings is 1. The topological polar surface area (TPSA) is 20.2 Å². The van der Waals surface area contributed by atoms with Crippen molar-refractivity contribution in [2.75, 3.05) is 0 Å². The van der Waals surface area contributed by atoms with Crippen molar-refractivity contribution in [3.63, 3.8) is 0 Å². The first-order valence-electron chi connectivity index (χ1n) is 4.70. The van der Waals surface area contributed by atoms with E-state index in [0.29, 0.717) is 5.56 Å². The molecule has 1 aromatic carbocycles. The zero-order chi connectivity index (χ0) is 11.6. The summed E-state index contributed by atoms with van der Waals surface area (Å²) in [6.07, 6.45) is 0.504. The second-order valence-electron chi connectivity index (χ2n) is 3.81. The maximum Gasteiger partial charge on any atom is 0.132 e. The molecule has 0 fully saturated rings. The third-order valence-corrected chi connectivity index (χ3v) is 2.09. The van der Waals surface area contributed by atoms with Crippen LogP contribution in [0, 0.1) is 18.6 Å². The van der Waals surface area contributed by atoms with Gasteiger partial charge in [0, 0.05) is 11.6 Å². The van der Waals surface area contributed by atoms with Crippen molar-refractivity contribution < 1.29 is 13.9 Å². The molecule has 1 aromatic rings. The molecule has 0 aliphatic heterocycles. The number of hydrogen-bond acceptors (Lipinski definition) is 1. The standard InChI is InChI=1S/C12H14F2O/c1-7(2)4-12(15)9-5-8(3)10(13)6-11(9)14/h4-6,12,15H,1-3H3. The molecule has 15 heavy (non-hydrogen) atoms. The molecule has 0 saturated heterocycles. The van der Waals surface area contributed by atoms with Gasteiger partial charge in [-0.3, -0.25) is 0 Å². The average Bonchev–Trinajstić information content (AvgIpc) is 2.09. The highest BCUT2D eigenvalue weighted by molar-refractivity contribution is 5.29. The SMILES string of the molecule is CC(C)=CC(O)c1cc(C)c(F)cc1F. The van der Waals surface area contributed by atoms with E-state index in [1.165, 1.54) is 19.1 Å². The van der Waals surface area contributed by atoms with Crippen molar-refractivity contribution in [1.29, 1.82) is 0 Å². The average molecular weight is 212 g/mol. The molecule has 0 aliphatic carbocycles. The highest BCUT2D eigenvalue weighted by Gasteiger charge is 2.13. The lowest BCUT2D eigenvalue weighted by molar-refractivity contribution is 0.222. The molecule has 0 radical (unpaired) electrons. The Hall–Kier alpha value is -1.22. The van der Waals surface area contributed by atoms with Crippen LogP contribution in [0.3, 0.4) is 0 Å². The predicted molar refractivity (Wildman–Crippen MR) is 55.5 cm³/mol. The van der Waals surface area contributed by atoms with Gasteiger partial charge in [0.15, 0.2) is 0 Å². The Kier molecular flexibility index (Phi) is 3.58. The Bertz CT molecular complexity index is 393. The molecule has 0 spiro atoms. The molecule has 0 aromatic heterocycles. The van der Waals surface area contributed by atoms with E-state index in [-0.39, 0.29) is 5.56 Å². The van der Waals surface area contributed by atoms with Crippen LogP contribution in [0.2, 0.25) is 0 Å². The van der Waals surface area contributed by atoms with E-state index < -0.39 is 17.7 Å². The fraction of sp³-hybridized carbons (Fsp3) is 0.333. The van der Waals surface area contributed by atoms with E-state index in [4.69, 9.17) is 0 Å². The third-order valence-electron chi connectivity index (χ3n) is 2.09. The molecule has 0 saturated carbocycles. The van der Waals surface area contributed by atoms with E-state index >= 15 is 0 Å². The Morgan fingerprint density at radius 2 is 1.87 bits per heavy atom. The first-order valence-corrected chi connectivity index (χ1v) is 4.70. The van der Waals surface area contributed by atoms with Crippen LogP contribution in [0.4, 0.5) is 8.78 Å². The quantitative estimate of drug-likeness (QED) is 0.746. The molecule has 3 heteroatoms. The predicted octanol–water partition coefficient (Wildman–Crippen LogP) is 3.27. The smallest absolute Gasteiger partial charge is 0.132 e. The monoisotopic (exact) mass is 212 g/mol. The van der Waals surface area contributed by atoms with Gasteiger partial charge in [-0.05, 0) is 32.4 Å². The molecule has 0 amide bonds. The third kappa shape index (κ3) is 2.86. The number of aliphatic hydroxyl groups is 1. The highest BCUT2D eigenvalue weighted by atomic mass is 19.1. The van der Waals surface area contributed by atoms with E-state index in [9.17, 15) is 13.9 Å². The zero-order valence-electron chi connectivity index (χ0n) is 9.01. The molecule has 0 bridgehead atoms. The summed E-state index contributed by atoms with van der Waals surface area (Å²) in [4.78, 5) is 0. The Balaban J connectivity index is 3.15. The van der Waals surface area contributed by atoms with Crippen LogP contribution in [0.1, 0.15) is 31.1 Å². The zero-order valence-corrected chi connectivity index (χ0v) is 9.01. The van der Waals surface area contributed by atoms with Gasteiger partial charge < -0.3 is 5.11 Å². The minimum Gasteiger partial charge on any atom is -0.384 e. The highest BCUT2D eigenvalue weighted by Crippen LogP contribution is 2.22. The summed E-state index contributed by atoms with van der Waals surface area (Å²) >= 11 is 0. The van der Waals surface area contributed by atoms with Gasteiger partial charge in [-0.15, -0.1) is 0 Å². The molecule has 0 aliphatic rings. The normalized spacial score (nSPS) is 12.4. The minimum absolute atomic E-state index is 0.107. The van der Waals surface area contributed by atoms with Crippen LogP contribution in [0.5, 0.6) is 0 Å². The van der Waals surface area contributed by atoms with Gasteiger partial charge in [0.2, 0.25) is 0 Å². The van der Waals surface area contributed by atoms with Crippen molar-refractivity contribution in [2.45, 2.75) is 26.9 Å². The van der Waals surface area contributed by atoms with Crippen LogP contribution < -0.4 is 0 Å². The summed E-state index contributed by atoms with van der Waals surface area (Å²) in [5.74, 6) is -1.32. The van der Waals surface area contributed by atoms with Crippen LogP contribution in [0.15, 0.2) is 23.8 Å². The van der Waals surface area contributed by atoms with Gasteiger partial charge >= 0.3 is 0 Å². The molecule has 82 valence electrons. The van der Waals surface area contributed by atoms with Crippen LogP contribution >= 0.6 is 0 Å². The van der Waals surface area contributed by atoms with Crippen LogP contribution in [-0.2, 0) is 0 Å². The summed E-state index contributed by atoms with van der Waals surface area (Å²) in [5.41, 5.74) is 1.31. The molecule has 0 heterocycles. The Morgan fingerprint density at radius 3 is 2.40 bits per heavy atom. The van der Waals surface area contributed by atoms with Crippen LogP contribution in [0.25, 0.3) is 0 Å². The number of allylic oxidation sites excluding steroid dienone is 1. The largest absolute Gasteiger partial charge is 0.384 e. The Labute approximate surface area is 88.1 Å². The second kappa shape index (κ2) is 4.53.